The fraction of sp³-hybridized carbons (Fsp3) is 0.306. The molecule has 1 aliphatic heterocycles. The third-order valence-electron chi connectivity index (χ3n) is 12.0. The van der Waals surface area contributed by atoms with Crippen LogP contribution >= 0.6 is 46.4 Å². The molecule has 1 saturated heterocycles. The van der Waals surface area contributed by atoms with Gasteiger partial charge < -0.3 is 45.5 Å². The van der Waals surface area contributed by atoms with Crippen LogP contribution < -0.4 is 45.5 Å². The third-order valence-corrected chi connectivity index (χ3v) is 13.5. The summed E-state index contributed by atoms with van der Waals surface area (Å²) in [6.45, 7) is 5.01. The predicted octanol–water partition coefficient (Wildman–Crippen LogP) is 9.47. The molecule has 15 nitrogen and oxygen atoms in total. The summed E-state index contributed by atoms with van der Waals surface area (Å²) in [6, 6.07) is 14.1. The van der Waals surface area contributed by atoms with Crippen molar-refractivity contribution in [2.45, 2.75) is 56.3 Å². The molecule has 68 heavy (non-hydrogen) atoms. The number of hydrogen-bond donors (Lipinski definition) is 5. The number of aromatic nitrogens is 4. The van der Waals surface area contributed by atoms with Gasteiger partial charge in [-0.15, -0.1) is 0 Å². The van der Waals surface area contributed by atoms with Crippen LogP contribution in [-0.4, -0.2) is 96.9 Å². The first-order chi connectivity index (χ1) is 33.0. The van der Waals surface area contributed by atoms with Gasteiger partial charge in [-0.1, -0.05) is 78.0 Å². The number of hydrogen-bond acceptors (Lipinski definition) is 13. The van der Waals surface area contributed by atoms with E-state index in [1.807, 2.05) is 36.4 Å². The lowest BCUT2D eigenvalue weighted by Crippen LogP contribution is -2.55. The fourth-order valence-electron chi connectivity index (χ4n) is 8.51. The largest absolute Gasteiger partial charge is 0.495 e. The summed E-state index contributed by atoms with van der Waals surface area (Å²) in [5.74, 6) is 1.95. The van der Waals surface area contributed by atoms with Gasteiger partial charge in [0.15, 0.2) is 0 Å². The summed E-state index contributed by atoms with van der Waals surface area (Å²) >= 11 is 27.2. The topological polar surface area (TPSA) is 183 Å². The molecule has 1 saturated carbocycles. The number of nitrogens with zero attached hydrogens (tertiary/aromatic N) is 4. The molecular formula is C49H49Cl4N9O6. The van der Waals surface area contributed by atoms with Crippen LogP contribution in [0.4, 0.5) is 11.9 Å². The van der Waals surface area contributed by atoms with Gasteiger partial charge in [0.1, 0.15) is 29.6 Å². The minimum absolute atomic E-state index is 0.0378. The molecule has 2 amide bonds. The van der Waals surface area contributed by atoms with E-state index in [-0.39, 0.29) is 47.6 Å². The highest BCUT2D eigenvalue weighted by molar-refractivity contribution is 6.42. The Hall–Kier alpha value is -6.10. The van der Waals surface area contributed by atoms with Gasteiger partial charge >= 0.3 is 0 Å². The number of nitrogens with one attached hydrogen (secondary N) is 5. The molecule has 4 aromatic carbocycles. The van der Waals surface area contributed by atoms with Crippen molar-refractivity contribution in [3.63, 3.8) is 0 Å². The smallest absolute Gasteiger partial charge is 0.244 e. The monoisotopic (exact) mass is 999 g/mol. The van der Waals surface area contributed by atoms with Crippen molar-refractivity contribution < 1.29 is 28.5 Å². The lowest BCUT2D eigenvalue weighted by molar-refractivity contribution is -0.118. The molecule has 8 rings (SSSR count). The molecule has 0 bridgehead atoms. The standard InChI is InChI=1S/C49H49Cl4N9O6/c1-5-40(63)57-34-16-17-54-25-35(34)62-49-56-24-29-20-27(13-15-31(29)60-49)43-46(52)38(67-4)22-39(47(43)53)68-18-8-11-41(64)58-32-9-6-7-10-33(32)61-48-55-23-28-19-26(12-14-30(28)59-48)42-44(50)36(65-2)21-37(66-3)45(42)51/h5,8,11-15,19-24,32-35,54H,1,6-7,9-10,16-18,25H2,2-4H3,(H,57,63)(H,58,64)(H,55,59,61)(H,56,60,62)/b11-8-/t32-,33-,34+,35-/m0/s1. The molecule has 19 heteroatoms. The van der Waals surface area contributed by atoms with Crippen LogP contribution in [0.5, 0.6) is 23.0 Å². The van der Waals surface area contributed by atoms with Crippen LogP contribution in [0.2, 0.25) is 20.1 Å². The molecule has 5 N–H and O–H groups in total. The van der Waals surface area contributed by atoms with Crippen molar-refractivity contribution in [1.82, 2.24) is 35.9 Å². The Morgan fingerprint density at radius 3 is 1.74 bits per heavy atom. The molecule has 2 aliphatic rings. The van der Waals surface area contributed by atoms with Crippen molar-refractivity contribution in [3.8, 4) is 45.3 Å². The predicted molar refractivity (Wildman–Crippen MR) is 269 cm³/mol. The molecule has 0 spiro atoms. The lowest BCUT2D eigenvalue weighted by Gasteiger charge is -2.33. The van der Waals surface area contributed by atoms with Crippen LogP contribution in [0.1, 0.15) is 32.1 Å². The zero-order valence-electron chi connectivity index (χ0n) is 37.4. The Labute approximate surface area is 413 Å². The number of fused-ring (bicyclic) bond motifs is 2. The van der Waals surface area contributed by atoms with E-state index in [0.29, 0.717) is 84.2 Å². The zero-order valence-corrected chi connectivity index (χ0v) is 40.5. The zero-order chi connectivity index (χ0) is 47.9. The van der Waals surface area contributed by atoms with E-state index < -0.39 is 0 Å². The maximum Gasteiger partial charge on any atom is 0.244 e. The van der Waals surface area contributed by atoms with E-state index in [0.717, 1.165) is 55.0 Å². The second-order valence-corrected chi connectivity index (χ2v) is 17.7. The Morgan fingerprint density at radius 2 is 1.18 bits per heavy atom. The molecule has 2 aromatic heterocycles. The summed E-state index contributed by atoms with van der Waals surface area (Å²) in [4.78, 5) is 44.0. The molecule has 6 aromatic rings. The molecule has 3 heterocycles. The van der Waals surface area contributed by atoms with Gasteiger partial charge in [0, 0.05) is 71.1 Å². The van der Waals surface area contributed by atoms with Crippen LogP contribution in [0.25, 0.3) is 44.1 Å². The van der Waals surface area contributed by atoms with Crippen LogP contribution in [0.3, 0.4) is 0 Å². The number of methoxy groups -OCH3 is 3. The number of ether oxygens (including phenoxy) is 4. The average molecular weight is 1000 g/mol. The SMILES string of the molecule is C=CC(=O)N[C@@H]1CCNC[C@@H]1Nc1ncc2cc(-c3c(Cl)c(OC)cc(OC/C=C\C(=O)N[C@H]4CCCC[C@@H]4Nc4ncc5cc(-c6c(Cl)c(OC)cc(OC)c6Cl)ccc5n4)c3Cl)ccc2n1. The first-order valence-corrected chi connectivity index (χ1v) is 23.5. The van der Waals surface area contributed by atoms with Crippen molar-refractivity contribution >= 4 is 91.9 Å². The van der Waals surface area contributed by atoms with Crippen LogP contribution in [0.15, 0.2) is 85.7 Å². The quantitative estimate of drug-likeness (QED) is 0.0579. The van der Waals surface area contributed by atoms with E-state index in [4.69, 9.17) is 75.3 Å². The number of rotatable bonds is 16. The van der Waals surface area contributed by atoms with Gasteiger partial charge in [0.2, 0.25) is 23.7 Å². The molecule has 2 fully saturated rings. The summed E-state index contributed by atoms with van der Waals surface area (Å²) in [6.07, 6.45) is 12.1. The van der Waals surface area contributed by atoms with E-state index in [9.17, 15) is 9.59 Å². The Kier molecular flexibility index (Phi) is 15.6. The summed E-state index contributed by atoms with van der Waals surface area (Å²) in [5, 5.41) is 19.1. The van der Waals surface area contributed by atoms with Crippen molar-refractivity contribution in [2.24, 2.45) is 0 Å². The second-order valence-electron chi connectivity index (χ2n) is 16.2. The normalized spacial score (nSPS) is 18.2. The second kappa shape index (κ2) is 21.9. The van der Waals surface area contributed by atoms with Gasteiger partial charge in [0.25, 0.3) is 0 Å². The summed E-state index contributed by atoms with van der Waals surface area (Å²) < 4.78 is 22.6. The molecule has 0 radical (unpaired) electrons. The van der Waals surface area contributed by atoms with Gasteiger partial charge in [-0.05, 0) is 73.4 Å². The van der Waals surface area contributed by atoms with Gasteiger partial charge in [-0.25, -0.2) is 19.9 Å². The van der Waals surface area contributed by atoms with E-state index in [2.05, 4.69) is 43.1 Å². The first kappa shape index (κ1) is 48.4. The van der Waals surface area contributed by atoms with E-state index in [1.54, 1.807) is 30.6 Å². The highest BCUT2D eigenvalue weighted by Crippen LogP contribution is 2.48. The lowest BCUT2D eigenvalue weighted by atomic mass is 9.90. The maximum atomic E-state index is 13.3. The highest BCUT2D eigenvalue weighted by atomic mass is 35.5. The molecular weight excluding hydrogens is 952 g/mol. The van der Waals surface area contributed by atoms with Gasteiger partial charge in [-0.3, -0.25) is 9.59 Å². The molecule has 0 unspecified atom stereocenters. The minimum Gasteiger partial charge on any atom is -0.495 e. The molecule has 4 atom stereocenters. The fourth-order valence-corrected chi connectivity index (χ4v) is 9.92. The molecule has 354 valence electrons. The minimum atomic E-state index is -0.266. The Bertz CT molecular complexity index is 2880. The molecule has 1 aliphatic carbocycles. The Morgan fingerprint density at radius 1 is 0.676 bits per heavy atom. The van der Waals surface area contributed by atoms with Crippen molar-refractivity contribution in [1.29, 1.82) is 0 Å². The number of amides is 2. The average Bonchev–Trinajstić information content (AvgIpc) is 3.34. The van der Waals surface area contributed by atoms with Crippen molar-refractivity contribution in [3.05, 3.63) is 106 Å². The third kappa shape index (κ3) is 10.8. The van der Waals surface area contributed by atoms with Gasteiger partial charge in [0.05, 0.1) is 64.5 Å². The van der Waals surface area contributed by atoms with E-state index >= 15 is 0 Å². The number of carbonyl (C=O) groups is 2. The number of halogens is 4. The van der Waals surface area contributed by atoms with Gasteiger partial charge in [-0.2, -0.15) is 0 Å². The van der Waals surface area contributed by atoms with Crippen molar-refractivity contribution in [2.75, 3.05) is 51.7 Å². The highest BCUT2D eigenvalue weighted by Gasteiger charge is 2.29. The number of carbonyl (C=O) groups excluding carboxylic acids is 2. The van der Waals surface area contributed by atoms with E-state index in [1.165, 1.54) is 33.5 Å². The number of piperidine rings is 1. The Balaban J connectivity index is 0.903. The van der Waals surface area contributed by atoms with Crippen LogP contribution in [0, 0.1) is 0 Å². The first-order valence-electron chi connectivity index (χ1n) is 21.9. The number of benzene rings is 4. The maximum absolute atomic E-state index is 13.3. The summed E-state index contributed by atoms with van der Waals surface area (Å²) in [7, 11) is 4.57. The summed E-state index contributed by atoms with van der Waals surface area (Å²) in [5.41, 5.74) is 3.94. The number of anilines is 2. The van der Waals surface area contributed by atoms with Crippen LogP contribution in [-0.2, 0) is 9.59 Å².